The molecule has 0 aliphatic carbocycles. The molecule has 0 aromatic heterocycles. The number of ketones is 1. The molecule has 0 radical (unpaired) electrons. The topological polar surface area (TPSA) is 120 Å². The number of Topliss-reactive ketones (excluding diaryl/α,β-unsaturated/α-hetero) is 1. The van der Waals surface area contributed by atoms with E-state index in [9.17, 15) is 19.2 Å². The van der Waals surface area contributed by atoms with Crippen molar-refractivity contribution < 1.29 is 33.4 Å². The molecule has 11 heteroatoms. The van der Waals surface area contributed by atoms with Crippen LogP contribution in [0.3, 0.4) is 0 Å². The zero-order valence-electron chi connectivity index (χ0n) is 20.1. The first-order valence-electron chi connectivity index (χ1n) is 11.1. The number of esters is 1. The minimum absolute atomic E-state index is 0.0423. The Morgan fingerprint density at radius 1 is 1.06 bits per heavy atom. The SMILES string of the molecule is COC(=O)CCC(=O)CNC(=O)C[C@@H]1S[C@@H](c2cccc(OC)c2OC)c2cc(Cl)ccc2NC1=O. The van der Waals surface area contributed by atoms with Gasteiger partial charge in [0.25, 0.3) is 0 Å². The van der Waals surface area contributed by atoms with Gasteiger partial charge in [0.1, 0.15) is 0 Å². The third kappa shape index (κ3) is 6.70. The number of carbonyl (C=O) groups is 4. The quantitative estimate of drug-likeness (QED) is 0.444. The van der Waals surface area contributed by atoms with Crippen LogP contribution in [0.5, 0.6) is 11.5 Å². The first-order chi connectivity index (χ1) is 17.3. The Kier molecular flexibility index (Phi) is 9.60. The number of methoxy groups -OCH3 is 3. The summed E-state index contributed by atoms with van der Waals surface area (Å²) in [5, 5.41) is 4.73. The number of benzene rings is 2. The average molecular weight is 535 g/mol. The number of hydrogen-bond acceptors (Lipinski definition) is 8. The van der Waals surface area contributed by atoms with Crippen molar-refractivity contribution >= 4 is 52.6 Å². The van der Waals surface area contributed by atoms with Gasteiger partial charge in [-0.25, -0.2) is 0 Å². The minimum Gasteiger partial charge on any atom is -0.493 e. The van der Waals surface area contributed by atoms with Crippen LogP contribution in [0, 0.1) is 0 Å². The number of fused-ring (bicyclic) bond motifs is 1. The molecule has 0 fully saturated rings. The second kappa shape index (κ2) is 12.6. The van der Waals surface area contributed by atoms with E-state index in [-0.39, 0.29) is 37.5 Å². The van der Waals surface area contributed by atoms with Gasteiger partial charge in [0.2, 0.25) is 11.8 Å². The van der Waals surface area contributed by atoms with Crippen molar-refractivity contribution in [2.75, 3.05) is 33.2 Å². The van der Waals surface area contributed by atoms with Gasteiger partial charge in [-0.15, -0.1) is 11.8 Å². The van der Waals surface area contributed by atoms with Gasteiger partial charge in [-0.1, -0.05) is 23.7 Å². The molecule has 2 amide bonds. The fraction of sp³-hybridized carbons (Fsp3) is 0.360. The third-order valence-electron chi connectivity index (χ3n) is 5.55. The molecule has 2 aromatic carbocycles. The first-order valence-corrected chi connectivity index (χ1v) is 12.4. The summed E-state index contributed by atoms with van der Waals surface area (Å²) in [6.07, 6.45) is -0.262. The summed E-state index contributed by atoms with van der Waals surface area (Å²) in [5.41, 5.74) is 2.09. The molecule has 2 atom stereocenters. The van der Waals surface area contributed by atoms with Crippen LogP contribution < -0.4 is 20.1 Å². The summed E-state index contributed by atoms with van der Waals surface area (Å²) in [6.45, 7) is -0.238. The molecule has 0 saturated heterocycles. The Hall–Kier alpha value is -3.24. The highest BCUT2D eigenvalue weighted by atomic mass is 35.5. The van der Waals surface area contributed by atoms with E-state index in [1.54, 1.807) is 24.3 Å². The maximum Gasteiger partial charge on any atom is 0.305 e. The second-order valence-corrected chi connectivity index (χ2v) is 9.65. The van der Waals surface area contributed by atoms with Gasteiger partial charge in [-0.05, 0) is 29.8 Å². The van der Waals surface area contributed by atoms with Gasteiger partial charge in [0.15, 0.2) is 17.3 Å². The van der Waals surface area contributed by atoms with E-state index in [0.717, 1.165) is 11.1 Å². The van der Waals surface area contributed by atoms with Crippen molar-refractivity contribution in [2.24, 2.45) is 0 Å². The Labute approximate surface area is 218 Å². The maximum absolute atomic E-state index is 13.1. The van der Waals surface area contributed by atoms with Crippen molar-refractivity contribution in [2.45, 2.75) is 29.8 Å². The van der Waals surface area contributed by atoms with Crippen LogP contribution in [0.15, 0.2) is 36.4 Å². The van der Waals surface area contributed by atoms with Gasteiger partial charge in [0.05, 0.1) is 44.8 Å². The number of thioether (sulfide) groups is 1. The van der Waals surface area contributed by atoms with Gasteiger partial charge in [-0.2, -0.15) is 0 Å². The van der Waals surface area contributed by atoms with Crippen molar-refractivity contribution in [1.29, 1.82) is 0 Å². The lowest BCUT2D eigenvalue weighted by Gasteiger charge is -2.23. The fourth-order valence-corrected chi connectivity index (χ4v) is 5.36. The van der Waals surface area contributed by atoms with E-state index in [1.807, 2.05) is 12.1 Å². The number of hydrogen-bond donors (Lipinski definition) is 2. The Balaban J connectivity index is 1.83. The van der Waals surface area contributed by atoms with Gasteiger partial charge >= 0.3 is 5.97 Å². The highest BCUT2D eigenvalue weighted by Crippen LogP contribution is 2.49. The van der Waals surface area contributed by atoms with E-state index in [4.69, 9.17) is 21.1 Å². The van der Waals surface area contributed by atoms with Gasteiger partial charge < -0.3 is 24.8 Å². The van der Waals surface area contributed by atoms with Crippen LogP contribution in [0.2, 0.25) is 5.02 Å². The van der Waals surface area contributed by atoms with Crippen molar-refractivity contribution in [3.63, 3.8) is 0 Å². The molecule has 3 rings (SSSR count). The number of halogens is 1. The predicted molar refractivity (Wildman–Crippen MR) is 137 cm³/mol. The van der Waals surface area contributed by atoms with Crippen LogP contribution in [0.25, 0.3) is 0 Å². The van der Waals surface area contributed by atoms with Crippen LogP contribution >= 0.6 is 23.4 Å². The molecule has 9 nitrogen and oxygen atoms in total. The molecule has 1 heterocycles. The first kappa shape index (κ1) is 27.3. The summed E-state index contributed by atoms with van der Waals surface area (Å²) in [5.74, 6) is -0.582. The molecule has 1 aliphatic rings. The standard InChI is InChI=1S/C25H27ClN2O7S/c1-33-19-6-4-5-16(23(19)35-3)24-17-11-14(26)7-9-18(17)28-25(32)20(36-24)12-21(30)27-13-15(29)8-10-22(31)34-2/h4-7,9,11,20,24H,8,10,12-13H2,1-3H3,(H,27,30)(H,28,32)/t20-,24-/m0/s1. The van der Waals surface area contributed by atoms with E-state index in [1.165, 1.54) is 33.1 Å². The maximum atomic E-state index is 13.1. The lowest BCUT2D eigenvalue weighted by Crippen LogP contribution is -2.35. The van der Waals surface area contributed by atoms with Gasteiger partial charge in [0, 0.05) is 29.1 Å². The molecule has 0 bridgehead atoms. The van der Waals surface area contributed by atoms with Gasteiger partial charge in [-0.3, -0.25) is 19.2 Å². The fourth-order valence-electron chi connectivity index (χ4n) is 3.75. The average Bonchev–Trinajstić information content (AvgIpc) is 3.01. The summed E-state index contributed by atoms with van der Waals surface area (Å²) >= 11 is 7.57. The number of ether oxygens (including phenoxy) is 3. The molecule has 0 spiro atoms. The second-order valence-electron chi connectivity index (χ2n) is 7.90. The van der Waals surface area contributed by atoms with E-state index in [2.05, 4.69) is 15.4 Å². The third-order valence-corrected chi connectivity index (χ3v) is 7.28. The zero-order valence-corrected chi connectivity index (χ0v) is 21.7. The van der Waals surface area contributed by atoms with Crippen molar-refractivity contribution in [3.8, 4) is 11.5 Å². The molecular weight excluding hydrogens is 508 g/mol. The number of anilines is 1. The molecular formula is C25H27ClN2O7S. The minimum atomic E-state index is -0.776. The molecule has 2 N–H and O–H groups in total. The number of para-hydroxylation sites is 1. The van der Waals surface area contributed by atoms with Crippen LogP contribution in [-0.2, 0) is 23.9 Å². The smallest absolute Gasteiger partial charge is 0.305 e. The van der Waals surface area contributed by atoms with E-state index in [0.29, 0.717) is 22.2 Å². The molecule has 36 heavy (non-hydrogen) atoms. The van der Waals surface area contributed by atoms with Crippen LogP contribution in [0.4, 0.5) is 5.69 Å². The van der Waals surface area contributed by atoms with E-state index < -0.39 is 22.4 Å². The predicted octanol–water partition coefficient (Wildman–Crippen LogP) is 3.53. The number of nitrogens with one attached hydrogen (secondary N) is 2. The lowest BCUT2D eigenvalue weighted by molar-refractivity contribution is -0.141. The van der Waals surface area contributed by atoms with Crippen molar-refractivity contribution in [1.82, 2.24) is 5.32 Å². The highest BCUT2D eigenvalue weighted by Gasteiger charge is 2.35. The summed E-state index contributed by atoms with van der Waals surface area (Å²) < 4.78 is 15.6. The zero-order chi connectivity index (χ0) is 26.2. The summed E-state index contributed by atoms with van der Waals surface area (Å²) in [7, 11) is 4.31. The molecule has 192 valence electrons. The lowest BCUT2D eigenvalue weighted by atomic mass is 10.0. The summed E-state index contributed by atoms with van der Waals surface area (Å²) in [6, 6.07) is 10.6. The Morgan fingerprint density at radius 3 is 2.53 bits per heavy atom. The summed E-state index contributed by atoms with van der Waals surface area (Å²) in [4.78, 5) is 48.9. The van der Waals surface area contributed by atoms with Crippen LogP contribution in [-0.4, -0.2) is 56.7 Å². The Bertz CT molecular complexity index is 1160. The highest BCUT2D eigenvalue weighted by molar-refractivity contribution is 8.01. The van der Waals surface area contributed by atoms with Crippen molar-refractivity contribution in [3.05, 3.63) is 52.5 Å². The Morgan fingerprint density at radius 2 is 1.83 bits per heavy atom. The number of amides is 2. The normalized spacial score (nSPS) is 16.7. The number of rotatable bonds is 10. The van der Waals surface area contributed by atoms with E-state index >= 15 is 0 Å². The number of carbonyl (C=O) groups excluding carboxylic acids is 4. The largest absolute Gasteiger partial charge is 0.493 e. The molecule has 1 aliphatic heterocycles. The molecule has 0 unspecified atom stereocenters. The van der Waals surface area contributed by atoms with Crippen LogP contribution in [0.1, 0.15) is 35.6 Å². The monoisotopic (exact) mass is 534 g/mol. The molecule has 2 aromatic rings. The molecule has 0 saturated carbocycles.